The summed E-state index contributed by atoms with van der Waals surface area (Å²) >= 11 is 0. The molecule has 0 fully saturated rings. The monoisotopic (exact) mass is 422 g/mol. The molecular formula is C18H22N4O6S. The molecule has 0 saturated heterocycles. The maximum absolute atomic E-state index is 12.4. The highest BCUT2D eigenvalue weighted by atomic mass is 32.2. The number of ether oxygens (including phenoxy) is 2. The Morgan fingerprint density at radius 2 is 1.86 bits per heavy atom. The molecule has 1 aliphatic heterocycles. The minimum atomic E-state index is -3.34. The largest absolute Gasteiger partial charge is 0.497 e. The van der Waals surface area contributed by atoms with Crippen LogP contribution in [0.4, 0.5) is 5.82 Å². The maximum Gasteiger partial charge on any atom is 0.314 e. The molecule has 1 aromatic heterocycles. The van der Waals surface area contributed by atoms with Crippen LogP contribution in [-0.2, 0) is 35.7 Å². The number of sulfone groups is 1. The highest BCUT2D eigenvalue weighted by Gasteiger charge is 2.34. The van der Waals surface area contributed by atoms with Gasteiger partial charge in [0, 0.05) is 18.7 Å². The van der Waals surface area contributed by atoms with Crippen molar-refractivity contribution < 1.29 is 27.5 Å². The molecule has 156 valence electrons. The van der Waals surface area contributed by atoms with Gasteiger partial charge in [-0.2, -0.15) is 5.10 Å². The van der Waals surface area contributed by atoms with Crippen molar-refractivity contribution in [1.82, 2.24) is 15.1 Å². The highest BCUT2D eigenvalue weighted by Crippen LogP contribution is 2.33. The van der Waals surface area contributed by atoms with Gasteiger partial charge in [-0.05, 0) is 31.2 Å². The Kier molecular flexibility index (Phi) is 5.89. The minimum Gasteiger partial charge on any atom is -0.497 e. The first-order valence-electron chi connectivity index (χ1n) is 8.80. The van der Waals surface area contributed by atoms with Crippen molar-refractivity contribution in [2.45, 2.75) is 24.5 Å². The van der Waals surface area contributed by atoms with E-state index in [9.17, 15) is 18.0 Å². The summed E-state index contributed by atoms with van der Waals surface area (Å²) in [6, 6.07) is 6.49. The van der Waals surface area contributed by atoms with Crippen molar-refractivity contribution >= 4 is 27.5 Å². The van der Waals surface area contributed by atoms with E-state index in [2.05, 4.69) is 15.7 Å². The molecule has 29 heavy (non-hydrogen) atoms. The Morgan fingerprint density at radius 1 is 1.17 bits per heavy atom. The summed E-state index contributed by atoms with van der Waals surface area (Å²) in [5.41, 5.74) is 1.32. The van der Waals surface area contributed by atoms with Crippen LogP contribution >= 0.6 is 0 Å². The van der Waals surface area contributed by atoms with Gasteiger partial charge in [-0.25, -0.2) is 13.1 Å². The summed E-state index contributed by atoms with van der Waals surface area (Å²) in [7, 11) is -0.316. The van der Waals surface area contributed by atoms with Crippen molar-refractivity contribution in [3.8, 4) is 11.4 Å². The van der Waals surface area contributed by atoms with Crippen LogP contribution in [0.25, 0.3) is 5.69 Å². The number of nitrogens with zero attached hydrogens (tertiary/aromatic N) is 2. The number of anilines is 1. The molecule has 0 spiro atoms. The molecule has 1 aliphatic rings. The van der Waals surface area contributed by atoms with Gasteiger partial charge in [0.25, 0.3) is 0 Å². The second-order valence-electron chi connectivity index (χ2n) is 6.70. The van der Waals surface area contributed by atoms with Crippen LogP contribution in [0.1, 0.15) is 18.2 Å². The summed E-state index contributed by atoms with van der Waals surface area (Å²) in [6.07, 6.45) is 0. The van der Waals surface area contributed by atoms with Gasteiger partial charge in [0.05, 0.1) is 36.6 Å². The molecule has 0 radical (unpaired) electrons. The van der Waals surface area contributed by atoms with Crippen molar-refractivity contribution in [2.75, 3.05) is 26.1 Å². The van der Waals surface area contributed by atoms with Gasteiger partial charge in [-0.1, -0.05) is 0 Å². The normalized spacial score (nSPS) is 15.4. The molecule has 0 saturated carbocycles. The third kappa shape index (κ3) is 4.57. The fourth-order valence-electron chi connectivity index (χ4n) is 3.03. The molecule has 11 heteroatoms. The number of amides is 2. The lowest BCUT2D eigenvalue weighted by Crippen LogP contribution is -2.42. The minimum absolute atomic E-state index is 0.158. The van der Waals surface area contributed by atoms with Gasteiger partial charge in [0.1, 0.15) is 11.6 Å². The van der Waals surface area contributed by atoms with Crippen molar-refractivity contribution in [2.24, 2.45) is 0 Å². The third-order valence-corrected chi connectivity index (χ3v) is 5.78. The van der Waals surface area contributed by atoms with Crippen LogP contribution < -0.4 is 15.4 Å². The number of benzene rings is 1. The van der Waals surface area contributed by atoms with E-state index >= 15 is 0 Å². The van der Waals surface area contributed by atoms with Gasteiger partial charge < -0.3 is 20.1 Å². The van der Waals surface area contributed by atoms with E-state index in [1.54, 1.807) is 31.2 Å². The number of carbonyl (C=O) groups is 2. The predicted octanol–water partition coefficient (Wildman–Crippen LogP) is 0.399. The molecule has 1 aromatic carbocycles. The third-order valence-electron chi connectivity index (χ3n) is 4.34. The van der Waals surface area contributed by atoms with E-state index in [-0.39, 0.29) is 30.0 Å². The fourth-order valence-corrected chi connectivity index (χ4v) is 4.52. The van der Waals surface area contributed by atoms with Gasteiger partial charge >= 0.3 is 11.8 Å². The zero-order valence-electron chi connectivity index (χ0n) is 16.3. The van der Waals surface area contributed by atoms with Crippen LogP contribution in [0.3, 0.4) is 0 Å². The average molecular weight is 422 g/mol. The summed E-state index contributed by atoms with van der Waals surface area (Å²) < 4.78 is 35.5. The van der Waals surface area contributed by atoms with Crippen molar-refractivity contribution in [1.29, 1.82) is 0 Å². The smallest absolute Gasteiger partial charge is 0.314 e. The Labute approximate surface area is 168 Å². The number of aromatic nitrogens is 2. The zero-order valence-corrected chi connectivity index (χ0v) is 17.1. The lowest BCUT2D eigenvalue weighted by molar-refractivity contribution is -0.136. The second-order valence-corrected chi connectivity index (χ2v) is 8.76. The zero-order chi connectivity index (χ0) is 21.2. The number of carbonyl (C=O) groups excluding carboxylic acids is 2. The Morgan fingerprint density at radius 3 is 2.48 bits per heavy atom. The highest BCUT2D eigenvalue weighted by molar-refractivity contribution is 7.90. The van der Waals surface area contributed by atoms with E-state index in [4.69, 9.17) is 9.47 Å². The molecule has 0 aliphatic carbocycles. The van der Waals surface area contributed by atoms with E-state index in [1.807, 2.05) is 0 Å². The standard InChI is InChI=1S/C18H22N4O6S/c1-11(8-27-2)19-17(23)18(24)20-16-14-9-29(25,26)10-15(14)21-22(16)12-4-6-13(28-3)7-5-12/h4-7,11H,8-10H2,1-3H3,(H,19,23)(H,20,24)/t11-/m1/s1. The number of fused-ring (bicyclic) bond motifs is 1. The first-order valence-corrected chi connectivity index (χ1v) is 10.6. The maximum atomic E-state index is 12.4. The van der Waals surface area contributed by atoms with E-state index < -0.39 is 21.7 Å². The summed E-state index contributed by atoms with van der Waals surface area (Å²) in [5, 5.41) is 9.37. The van der Waals surface area contributed by atoms with Crippen LogP contribution in [0, 0.1) is 0 Å². The van der Waals surface area contributed by atoms with Gasteiger partial charge in [-0.15, -0.1) is 0 Å². The number of hydrogen-bond donors (Lipinski definition) is 2. The molecule has 2 amide bonds. The second kappa shape index (κ2) is 8.21. The number of methoxy groups -OCH3 is 2. The number of hydrogen-bond acceptors (Lipinski definition) is 7. The van der Waals surface area contributed by atoms with Crippen LogP contribution in [0.5, 0.6) is 5.75 Å². The quantitative estimate of drug-likeness (QED) is 0.645. The van der Waals surface area contributed by atoms with Gasteiger partial charge in [0.15, 0.2) is 9.84 Å². The number of nitrogens with one attached hydrogen (secondary N) is 2. The first kappa shape index (κ1) is 20.8. The molecule has 2 heterocycles. The molecule has 1 atom stereocenters. The molecule has 2 aromatic rings. The lowest BCUT2D eigenvalue weighted by atomic mass is 10.2. The molecule has 3 rings (SSSR count). The van der Waals surface area contributed by atoms with Crippen molar-refractivity contribution in [3.63, 3.8) is 0 Å². The molecular weight excluding hydrogens is 400 g/mol. The predicted molar refractivity (Wildman–Crippen MR) is 105 cm³/mol. The fraction of sp³-hybridized carbons (Fsp3) is 0.389. The van der Waals surface area contributed by atoms with Gasteiger partial charge in [0.2, 0.25) is 0 Å². The van der Waals surface area contributed by atoms with Crippen molar-refractivity contribution in [3.05, 3.63) is 35.5 Å². The molecule has 0 bridgehead atoms. The lowest BCUT2D eigenvalue weighted by Gasteiger charge is -2.14. The number of rotatable bonds is 6. The molecule has 0 unspecified atom stereocenters. The van der Waals surface area contributed by atoms with Crippen LogP contribution in [0.15, 0.2) is 24.3 Å². The summed E-state index contributed by atoms with van der Waals surface area (Å²) in [6.45, 7) is 1.94. The Balaban J connectivity index is 1.91. The molecule has 10 nitrogen and oxygen atoms in total. The molecule has 2 N–H and O–H groups in total. The van der Waals surface area contributed by atoms with Gasteiger partial charge in [-0.3, -0.25) is 9.59 Å². The van der Waals surface area contributed by atoms with E-state index in [0.29, 0.717) is 22.7 Å². The van der Waals surface area contributed by atoms with Crippen LogP contribution in [0.2, 0.25) is 0 Å². The average Bonchev–Trinajstić information content (AvgIpc) is 3.14. The summed E-state index contributed by atoms with van der Waals surface area (Å²) in [5.74, 6) is -1.46. The van der Waals surface area contributed by atoms with E-state index in [1.165, 1.54) is 18.9 Å². The Bertz CT molecular complexity index is 1030. The SMILES string of the molecule is COC[C@@H](C)NC(=O)C(=O)Nc1c2c(nn1-c1ccc(OC)cc1)CS(=O)(=O)C2. The topological polar surface area (TPSA) is 129 Å². The van der Waals surface area contributed by atoms with Crippen LogP contribution in [-0.4, -0.2) is 56.9 Å². The van der Waals surface area contributed by atoms with E-state index in [0.717, 1.165) is 0 Å². The Hall–Kier alpha value is -2.92. The summed E-state index contributed by atoms with van der Waals surface area (Å²) in [4.78, 5) is 24.6. The first-order chi connectivity index (χ1) is 13.7.